The number of piperidine rings is 1. The first-order valence-electron chi connectivity index (χ1n) is 10.2. The number of sulfonamides is 1. The van der Waals surface area contributed by atoms with Crippen molar-refractivity contribution in [3.05, 3.63) is 65.7 Å². The van der Waals surface area contributed by atoms with Gasteiger partial charge in [-0.15, -0.1) is 0 Å². The number of hydrogen-bond acceptors (Lipinski definition) is 5. The van der Waals surface area contributed by atoms with Gasteiger partial charge in [0, 0.05) is 13.1 Å². The first-order chi connectivity index (χ1) is 14.4. The second-order valence-corrected chi connectivity index (χ2v) is 9.68. The average Bonchev–Trinajstić information content (AvgIpc) is 2.74. The van der Waals surface area contributed by atoms with Crippen molar-refractivity contribution >= 4 is 16.0 Å². The van der Waals surface area contributed by atoms with E-state index in [9.17, 15) is 13.2 Å². The number of carbonyl (C=O) groups is 1. The molecule has 30 heavy (non-hydrogen) atoms. The molecule has 2 aromatic rings. The Morgan fingerprint density at radius 3 is 2.53 bits per heavy atom. The van der Waals surface area contributed by atoms with Gasteiger partial charge in [0.15, 0.2) is 0 Å². The van der Waals surface area contributed by atoms with E-state index >= 15 is 0 Å². The Labute approximate surface area is 178 Å². The number of hydrogen-bond donors (Lipinski definition) is 0. The maximum Gasteiger partial charge on any atom is 0.313 e. The summed E-state index contributed by atoms with van der Waals surface area (Å²) < 4.78 is 38.4. The highest BCUT2D eigenvalue weighted by atomic mass is 32.2. The van der Waals surface area contributed by atoms with Crippen LogP contribution in [0.5, 0.6) is 5.75 Å². The Hall–Kier alpha value is -2.38. The van der Waals surface area contributed by atoms with Gasteiger partial charge in [0.05, 0.1) is 24.9 Å². The molecule has 7 heteroatoms. The van der Waals surface area contributed by atoms with Crippen LogP contribution in [-0.2, 0) is 31.7 Å². The molecule has 1 aliphatic rings. The lowest BCUT2D eigenvalue weighted by atomic mass is 9.75. The van der Waals surface area contributed by atoms with Crippen molar-refractivity contribution in [3.63, 3.8) is 0 Å². The molecule has 0 saturated carbocycles. The van der Waals surface area contributed by atoms with Crippen molar-refractivity contribution in [2.45, 2.75) is 31.9 Å². The van der Waals surface area contributed by atoms with Crippen LogP contribution >= 0.6 is 0 Å². The summed E-state index contributed by atoms with van der Waals surface area (Å²) in [6.07, 6.45) is 1.59. The minimum atomic E-state index is -3.56. The number of nitrogens with zero attached hydrogens (tertiary/aromatic N) is 1. The lowest BCUT2D eigenvalue weighted by Gasteiger charge is -2.40. The van der Waals surface area contributed by atoms with Crippen LogP contribution in [0.2, 0.25) is 0 Å². The van der Waals surface area contributed by atoms with Crippen molar-refractivity contribution in [2.24, 2.45) is 5.41 Å². The van der Waals surface area contributed by atoms with Crippen molar-refractivity contribution in [2.75, 3.05) is 26.8 Å². The number of carbonyl (C=O) groups excluding carboxylic acids is 1. The van der Waals surface area contributed by atoms with Gasteiger partial charge >= 0.3 is 5.97 Å². The summed E-state index contributed by atoms with van der Waals surface area (Å²) in [6.45, 7) is 2.56. The molecule has 1 atom stereocenters. The van der Waals surface area contributed by atoms with E-state index in [0.29, 0.717) is 31.6 Å². The molecule has 0 aliphatic carbocycles. The summed E-state index contributed by atoms with van der Waals surface area (Å²) in [4.78, 5) is 13.0. The number of esters is 1. The molecule has 0 unspecified atom stereocenters. The van der Waals surface area contributed by atoms with Crippen molar-refractivity contribution in [1.82, 2.24) is 4.31 Å². The number of ether oxygens (including phenoxy) is 2. The van der Waals surface area contributed by atoms with Crippen LogP contribution in [0.4, 0.5) is 0 Å². The van der Waals surface area contributed by atoms with Crippen LogP contribution in [0.3, 0.4) is 0 Å². The summed E-state index contributed by atoms with van der Waals surface area (Å²) >= 11 is 0. The van der Waals surface area contributed by atoms with Gasteiger partial charge in [-0.3, -0.25) is 4.79 Å². The van der Waals surface area contributed by atoms with E-state index in [0.717, 1.165) is 11.1 Å². The van der Waals surface area contributed by atoms with Gasteiger partial charge in [0.25, 0.3) is 0 Å². The van der Waals surface area contributed by atoms with Crippen LogP contribution in [0.15, 0.2) is 54.6 Å². The SMILES string of the molecule is CCOC(=O)[C@@]1(Cc2cccc(OC)c2)CCCN(S(=O)(=O)Cc2ccccc2)C1. The molecule has 0 amide bonds. The standard InChI is InChI=1S/C23H29NO5S/c1-3-29-22(25)23(16-20-11-7-12-21(15-20)28-2)13-8-14-24(18-23)30(26,27)17-19-9-5-4-6-10-19/h4-7,9-12,15H,3,8,13-14,16-18H2,1-2H3/t23-/m1/s1. The first kappa shape index (κ1) is 22.3. The largest absolute Gasteiger partial charge is 0.497 e. The highest BCUT2D eigenvalue weighted by Gasteiger charge is 2.46. The van der Waals surface area contributed by atoms with Crippen molar-refractivity contribution in [1.29, 1.82) is 0 Å². The van der Waals surface area contributed by atoms with Crippen LogP contribution < -0.4 is 4.74 Å². The van der Waals surface area contributed by atoms with Crippen LogP contribution in [0, 0.1) is 5.41 Å². The third kappa shape index (κ3) is 5.21. The molecular weight excluding hydrogens is 402 g/mol. The maximum atomic E-state index is 13.1. The second kappa shape index (κ2) is 9.62. The van der Waals surface area contributed by atoms with E-state index in [4.69, 9.17) is 9.47 Å². The maximum absolute atomic E-state index is 13.1. The molecule has 0 N–H and O–H groups in total. The summed E-state index contributed by atoms with van der Waals surface area (Å²) in [7, 11) is -1.96. The fraction of sp³-hybridized carbons (Fsp3) is 0.435. The van der Waals surface area contributed by atoms with E-state index in [1.54, 1.807) is 26.2 Å². The molecule has 2 aromatic carbocycles. The molecule has 0 radical (unpaired) electrons. The van der Waals surface area contributed by atoms with Gasteiger partial charge in [-0.2, -0.15) is 0 Å². The number of benzene rings is 2. The number of rotatable bonds is 8. The molecule has 162 valence electrons. The van der Waals surface area contributed by atoms with Gasteiger partial charge < -0.3 is 9.47 Å². The normalized spacial score (nSPS) is 19.9. The topological polar surface area (TPSA) is 72.9 Å². The third-order valence-electron chi connectivity index (χ3n) is 5.51. The predicted molar refractivity (Wildman–Crippen MR) is 116 cm³/mol. The molecule has 3 rings (SSSR count). The molecule has 0 bridgehead atoms. The molecule has 1 saturated heterocycles. The van der Waals surface area contributed by atoms with Gasteiger partial charge in [-0.25, -0.2) is 12.7 Å². The first-order valence-corrected chi connectivity index (χ1v) is 11.8. The Kier molecular flexibility index (Phi) is 7.15. The highest BCUT2D eigenvalue weighted by Crippen LogP contribution is 2.37. The van der Waals surface area contributed by atoms with Gasteiger partial charge in [-0.1, -0.05) is 42.5 Å². The Morgan fingerprint density at radius 1 is 1.10 bits per heavy atom. The molecule has 1 aliphatic heterocycles. The quantitative estimate of drug-likeness (QED) is 0.599. The molecule has 0 aromatic heterocycles. The Balaban J connectivity index is 1.88. The highest BCUT2D eigenvalue weighted by molar-refractivity contribution is 7.88. The zero-order chi connectivity index (χ0) is 21.6. The molecule has 0 spiro atoms. The Bertz CT molecular complexity index is 961. The van der Waals surface area contributed by atoms with Gasteiger partial charge in [0.2, 0.25) is 10.0 Å². The van der Waals surface area contributed by atoms with Crippen LogP contribution in [0.25, 0.3) is 0 Å². The second-order valence-electron chi connectivity index (χ2n) is 7.71. The molecule has 1 fully saturated rings. The van der Waals surface area contributed by atoms with Crippen molar-refractivity contribution in [3.8, 4) is 5.75 Å². The molecule has 1 heterocycles. The molecular formula is C23H29NO5S. The van der Waals surface area contributed by atoms with Crippen molar-refractivity contribution < 1.29 is 22.7 Å². The zero-order valence-corrected chi connectivity index (χ0v) is 18.4. The lowest BCUT2D eigenvalue weighted by molar-refractivity contribution is -0.157. The third-order valence-corrected chi connectivity index (χ3v) is 7.31. The predicted octanol–water partition coefficient (Wildman–Crippen LogP) is 3.41. The van der Waals surface area contributed by atoms with E-state index in [2.05, 4.69) is 0 Å². The monoisotopic (exact) mass is 431 g/mol. The van der Waals surface area contributed by atoms with E-state index in [1.165, 1.54) is 4.31 Å². The minimum Gasteiger partial charge on any atom is -0.497 e. The fourth-order valence-electron chi connectivity index (χ4n) is 4.04. The summed E-state index contributed by atoms with van der Waals surface area (Å²) in [5.41, 5.74) is 0.743. The summed E-state index contributed by atoms with van der Waals surface area (Å²) in [5, 5.41) is 0. The van der Waals surface area contributed by atoms with Gasteiger partial charge in [-0.05, 0) is 49.4 Å². The molecule has 6 nitrogen and oxygen atoms in total. The lowest BCUT2D eigenvalue weighted by Crippen LogP contribution is -2.51. The number of methoxy groups -OCH3 is 1. The van der Waals surface area contributed by atoms with E-state index in [-0.39, 0.29) is 24.9 Å². The van der Waals surface area contributed by atoms with E-state index < -0.39 is 15.4 Å². The van der Waals surface area contributed by atoms with Gasteiger partial charge in [0.1, 0.15) is 5.75 Å². The van der Waals surface area contributed by atoms with E-state index in [1.807, 2.05) is 42.5 Å². The summed E-state index contributed by atoms with van der Waals surface area (Å²) in [5.74, 6) is 0.287. The zero-order valence-electron chi connectivity index (χ0n) is 17.5. The average molecular weight is 432 g/mol. The Morgan fingerprint density at radius 2 is 1.83 bits per heavy atom. The smallest absolute Gasteiger partial charge is 0.313 e. The fourth-order valence-corrected chi connectivity index (χ4v) is 5.69. The van der Waals surface area contributed by atoms with Crippen LogP contribution in [-0.4, -0.2) is 45.5 Å². The minimum absolute atomic E-state index is 0.0775. The summed E-state index contributed by atoms with van der Waals surface area (Å²) in [6, 6.07) is 16.7. The van der Waals surface area contributed by atoms with Crippen LogP contribution in [0.1, 0.15) is 30.9 Å².